The molecule has 0 unspecified atom stereocenters. The summed E-state index contributed by atoms with van der Waals surface area (Å²) in [5.41, 5.74) is 5.85. The maximum atomic E-state index is 11.4. The Bertz CT molecular complexity index is 382. The Morgan fingerprint density at radius 3 is 2.83 bits per heavy atom. The number of carbonyl (C=O) groups excluding carboxylic acids is 1. The third-order valence-electron chi connectivity index (χ3n) is 2.10. The summed E-state index contributed by atoms with van der Waals surface area (Å²) in [6.45, 7) is 8.95. The molecule has 1 rings (SSSR count). The Morgan fingerprint density at radius 1 is 1.50 bits per heavy atom. The average Bonchev–Trinajstić information content (AvgIpc) is 2.64. The third-order valence-corrected chi connectivity index (χ3v) is 2.10. The zero-order valence-electron chi connectivity index (χ0n) is 11.5. The van der Waals surface area contributed by atoms with Crippen LogP contribution in [-0.2, 0) is 17.8 Å². The normalized spacial score (nSPS) is 11.3. The van der Waals surface area contributed by atoms with E-state index in [2.05, 4.69) is 22.9 Å². The first-order valence-electron chi connectivity index (χ1n) is 6.15. The minimum absolute atomic E-state index is 0.482. The maximum absolute atomic E-state index is 11.4. The fraction of sp³-hybridized carbons (Fsp3) is 0.667. The van der Waals surface area contributed by atoms with Crippen molar-refractivity contribution in [3.63, 3.8) is 0 Å². The second-order valence-electron chi connectivity index (χ2n) is 5.03. The van der Waals surface area contributed by atoms with Crippen molar-refractivity contribution in [2.75, 3.05) is 0 Å². The number of nitrogens with one attached hydrogen (secondary N) is 2. The van der Waals surface area contributed by atoms with Crippen LogP contribution >= 0.6 is 0 Å². The number of rotatable bonds is 5. The van der Waals surface area contributed by atoms with Crippen LogP contribution < -0.4 is 10.9 Å². The molecule has 1 heterocycles. The molecule has 0 bridgehead atoms. The van der Waals surface area contributed by atoms with Gasteiger partial charge in [-0.25, -0.2) is 10.2 Å². The molecule has 1 aromatic heterocycles. The van der Waals surface area contributed by atoms with E-state index in [4.69, 9.17) is 4.74 Å². The number of hydrazine groups is 1. The highest BCUT2D eigenvalue weighted by Crippen LogP contribution is 2.06. The van der Waals surface area contributed by atoms with Crippen LogP contribution in [0.4, 0.5) is 4.79 Å². The topological polar surface area (TPSA) is 68.2 Å². The molecule has 0 radical (unpaired) electrons. The summed E-state index contributed by atoms with van der Waals surface area (Å²) in [4.78, 5) is 11.4. The lowest BCUT2D eigenvalue weighted by atomic mass is 10.2. The van der Waals surface area contributed by atoms with Gasteiger partial charge < -0.3 is 4.74 Å². The highest BCUT2D eigenvalue weighted by molar-refractivity contribution is 5.66. The highest BCUT2D eigenvalue weighted by atomic mass is 16.6. The number of aromatic nitrogens is 2. The zero-order valence-corrected chi connectivity index (χ0v) is 11.5. The second-order valence-corrected chi connectivity index (χ2v) is 5.03. The van der Waals surface area contributed by atoms with Gasteiger partial charge in [0.15, 0.2) is 0 Å². The average molecular weight is 254 g/mol. The molecule has 0 aromatic carbocycles. The van der Waals surface area contributed by atoms with Gasteiger partial charge in [0.1, 0.15) is 5.60 Å². The Kier molecular flexibility index (Phi) is 5.15. The van der Waals surface area contributed by atoms with Crippen molar-refractivity contribution in [3.05, 3.63) is 18.0 Å². The van der Waals surface area contributed by atoms with E-state index in [1.807, 2.05) is 31.5 Å². The Hall–Kier alpha value is -1.56. The number of carbonyl (C=O) groups is 1. The monoisotopic (exact) mass is 254 g/mol. The van der Waals surface area contributed by atoms with E-state index >= 15 is 0 Å². The number of ether oxygens (including phenoxy) is 1. The molecular formula is C12H22N4O2. The number of aryl methyl sites for hydroxylation is 1. The molecule has 6 heteroatoms. The Balaban J connectivity index is 2.33. The lowest BCUT2D eigenvalue weighted by Crippen LogP contribution is -2.41. The van der Waals surface area contributed by atoms with Gasteiger partial charge in [0.2, 0.25) is 0 Å². The van der Waals surface area contributed by atoms with E-state index in [1.165, 1.54) is 0 Å². The molecule has 0 aliphatic carbocycles. The smallest absolute Gasteiger partial charge is 0.422 e. The first kappa shape index (κ1) is 14.5. The van der Waals surface area contributed by atoms with Crippen LogP contribution in [0.5, 0.6) is 0 Å². The van der Waals surface area contributed by atoms with Crippen molar-refractivity contribution in [2.45, 2.75) is 52.8 Å². The van der Waals surface area contributed by atoms with Gasteiger partial charge in [0.05, 0.1) is 12.2 Å². The summed E-state index contributed by atoms with van der Waals surface area (Å²) in [5, 5.41) is 4.20. The Labute approximate surface area is 108 Å². The van der Waals surface area contributed by atoms with Crippen molar-refractivity contribution in [2.24, 2.45) is 0 Å². The van der Waals surface area contributed by atoms with Gasteiger partial charge in [-0.15, -0.1) is 0 Å². The van der Waals surface area contributed by atoms with Crippen molar-refractivity contribution >= 4 is 6.09 Å². The van der Waals surface area contributed by atoms with Crippen molar-refractivity contribution in [3.8, 4) is 0 Å². The summed E-state index contributed by atoms with van der Waals surface area (Å²) >= 11 is 0. The standard InChI is InChI=1S/C12H22N4O2/c1-5-8-16-10(6-7-14-16)9-13-15-11(17)18-12(2,3)4/h6-7,13H,5,8-9H2,1-4H3,(H,15,17). The predicted octanol–water partition coefficient (Wildman–Crippen LogP) is 1.82. The van der Waals surface area contributed by atoms with Gasteiger partial charge in [-0.2, -0.15) is 5.10 Å². The van der Waals surface area contributed by atoms with E-state index in [1.54, 1.807) is 6.20 Å². The molecule has 0 saturated carbocycles. The lowest BCUT2D eigenvalue weighted by Gasteiger charge is -2.19. The van der Waals surface area contributed by atoms with Crippen molar-refractivity contribution in [1.82, 2.24) is 20.6 Å². The summed E-state index contributed by atoms with van der Waals surface area (Å²) in [6.07, 6.45) is 2.29. The van der Waals surface area contributed by atoms with Crippen LogP contribution in [0.2, 0.25) is 0 Å². The van der Waals surface area contributed by atoms with Gasteiger partial charge in [-0.05, 0) is 33.3 Å². The first-order valence-corrected chi connectivity index (χ1v) is 6.15. The second kappa shape index (κ2) is 6.39. The molecule has 0 fully saturated rings. The van der Waals surface area contributed by atoms with E-state index in [9.17, 15) is 4.79 Å². The maximum Gasteiger partial charge on any atom is 0.422 e. The summed E-state index contributed by atoms with van der Waals surface area (Å²) in [5.74, 6) is 0. The molecule has 0 saturated heterocycles. The molecule has 1 aromatic rings. The molecule has 0 spiro atoms. The van der Waals surface area contributed by atoms with Gasteiger partial charge in [0.25, 0.3) is 0 Å². The fourth-order valence-electron chi connectivity index (χ4n) is 1.43. The minimum Gasteiger partial charge on any atom is -0.443 e. The van der Waals surface area contributed by atoms with Crippen LogP contribution in [0.15, 0.2) is 12.3 Å². The fourth-order valence-corrected chi connectivity index (χ4v) is 1.43. The van der Waals surface area contributed by atoms with E-state index < -0.39 is 11.7 Å². The van der Waals surface area contributed by atoms with Gasteiger partial charge in [-0.1, -0.05) is 6.92 Å². The quantitative estimate of drug-likeness (QED) is 0.786. The third kappa shape index (κ3) is 5.18. The van der Waals surface area contributed by atoms with Crippen LogP contribution in [-0.4, -0.2) is 21.5 Å². The molecule has 0 aliphatic heterocycles. The first-order chi connectivity index (χ1) is 8.42. The van der Waals surface area contributed by atoms with Crippen molar-refractivity contribution < 1.29 is 9.53 Å². The zero-order chi connectivity index (χ0) is 13.6. The largest absolute Gasteiger partial charge is 0.443 e. The predicted molar refractivity (Wildman–Crippen MR) is 68.7 cm³/mol. The van der Waals surface area contributed by atoms with Crippen LogP contribution in [0.25, 0.3) is 0 Å². The summed E-state index contributed by atoms with van der Waals surface area (Å²) in [6, 6.07) is 1.92. The molecule has 1 amide bonds. The molecule has 2 N–H and O–H groups in total. The van der Waals surface area contributed by atoms with E-state index in [0.29, 0.717) is 6.54 Å². The lowest BCUT2D eigenvalue weighted by molar-refractivity contribution is 0.0496. The molecule has 0 aliphatic rings. The van der Waals surface area contributed by atoms with Crippen LogP contribution in [0.1, 0.15) is 39.8 Å². The summed E-state index contributed by atoms with van der Waals surface area (Å²) in [7, 11) is 0. The van der Waals surface area contributed by atoms with Crippen molar-refractivity contribution in [1.29, 1.82) is 0 Å². The number of amides is 1. The molecule has 0 atom stereocenters. The van der Waals surface area contributed by atoms with Gasteiger partial charge >= 0.3 is 6.09 Å². The van der Waals surface area contributed by atoms with Crippen LogP contribution in [0.3, 0.4) is 0 Å². The van der Waals surface area contributed by atoms with Gasteiger partial charge in [0, 0.05) is 12.7 Å². The minimum atomic E-state index is -0.490. The SMILES string of the molecule is CCCn1nccc1CNNC(=O)OC(C)(C)C. The molecular weight excluding hydrogens is 232 g/mol. The van der Waals surface area contributed by atoms with Gasteiger partial charge in [-0.3, -0.25) is 10.1 Å². The van der Waals surface area contributed by atoms with Crippen LogP contribution in [0, 0.1) is 0 Å². The number of nitrogens with zero attached hydrogens (tertiary/aromatic N) is 2. The Morgan fingerprint density at radius 2 is 2.22 bits per heavy atom. The number of hydrogen-bond acceptors (Lipinski definition) is 4. The molecule has 18 heavy (non-hydrogen) atoms. The van der Waals surface area contributed by atoms with E-state index in [-0.39, 0.29) is 0 Å². The number of hydrogen-bond donors (Lipinski definition) is 2. The highest BCUT2D eigenvalue weighted by Gasteiger charge is 2.15. The molecule has 102 valence electrons. The van der Waals surface area contributed by atoms with E-state index in [0.717, 1.165) is 18.7 Å². The molecule has 6 nitrogen and oxygen atoms in total. The summed E-state index contributed by atoms with van der Waals surface area (Å²) < 4.78 is 7.01.